The van der Waals surface area contributed by atoms with E-state index in [2.05, 4.69) is 14.9 Å². The van der Waals surface area contributed by atoms with E-state index in [4.69, 9.17) is 9.15 Å². The molecule has 0 unspecified atom stereocenters. The monoisotopic (exact) mass is 379 g/mol. The van der Waals surface area contributed by atoms with Crippen molar-refractivity contribution in [2.45, 2.75) is 24.1 Å². The lowest BCUT2D eigenvalue weighted by atomic mass is 10.2. The summed E-state index contributed by atoms with van der Waals surface area (Å²) < 4.78 is 38.3. The number of ether oxygens (including phenoxy) is 1. The second kappa shape index (κ2) is 7.34. The van der Waals surface area contributed by atoms with Gasteiger partial charge < -0.3 is 9.15 Å². The minimum atomic E-state index is -3.63. The van der Waals surface area contributed by atoms with Crippen LogP contribution in [0.2, 0.25) is 0 Å². The number of hydrogen-bond acceptors (Lipinski definition) is 7. The van der Waals surface area contributed by atoms with Crippen molar-refractivity contribution in [3.63, 3.8) is 0 Å². The Morgan fingerprint density at radius 1 is 1.28 bits per heavy atom. The van der Waals surface area contributed by atoms with Gasteiger partial charge in [-0.15, -0.1) is 21.5 Å². The Morgan fingerprint density at radius 3 is 2.84 bits per heavy atom. The van der Waals surface area contributed by atoms with Crippen LogP contribution in [0.15, 0.2) is 44.3 Å². The largest absolute Gasteiger partial charge is 0.497 e. The van der Waals surface area contributed by atoms with Gasteiger partial charge in [0.15, 0.2) is 0 Å². The number of benzene rings is 1. The van der Waals surface area contributed by atoms with Crippen LogP contribution in [0, 0.1) is 0 Å². The highest BCUT2D eigenvalue weighted by Crippen LogP contribution is 2.28. The van der Waals surface area contributed by atoms with E-state index in [0.717, 1.165) is 16.9 Å². The lowest BCUT2D eigenvalue weighted by molar-refractivity contribution is 0.414. The SMILES string of the molecule is CCc1nnc(-c2csc(S(=O)(=O)NCc3cccc(OC)c3)c2)o1. The third-order valence-electron chi connectivity index (χ3n) is 3.46. The van der Waals surface area contributed by atoms with Crippen molar-refractivity contribution < 1.29 is 17.6 Å². The number of rotatable bonds is 7. The lowest BCUT2D eigenvalue weighted by Gasteiger charge is -2.06. The minimum absolute atomic E-state index is 0.174. The summed E-state index contributed by atoms with van der Waals surface area (Å²) in [5.74, 6) is 1.52. The third-order valence-corrected chi connectivity index (χ3v) is 6.30. The minimum Gasteiger partial charge on any atom is -0.497 e. The fourth-order valence-electron chi connectivity index (χ4n) is 2.11. The van der Waals surface area contributed by atoms with Crippen LogP contribution < -0.4 is 9.46 Å². The Labute approximate surface area is 149 Å². The highest BCUT2D eigenvalue weighted by molar-refractivity contribution is 7.91. The first kappa shape index (κ1) is 17.6. The molecule has 0 amide bonds. The Bertz CT molecular complexity index is 963. The van der Waals surface area contributed by atoms with Gasteiger partial charge in [0, 0.05) is 18.3 Å². The standard InChI is InChI=1S/C16H17N3O4S2/c1-3-14-18-19-16(23-14)12-8-15(24-10-12)25(20,21)17-9-11-5-4-6-13(7-11)22-2/h4-8,10,17H,3,9H2,1-2H3. The molecule has 0 saturated heterocycles. The van der Waals surface area contributed by atoms with E-state index in [1.54, 1.807) is 24.6 Å². The summed E-state index contributed by atoms with van der Waals surface area (Å²) >= 11 is 1.11. The van der Waals surface area contributed by atoms with Crippen molar-refractivity contribution in [1.29, 1.82) is 0 Å². The summed E-state index contributed by atoms with van der Waals surface area (Å²) in [6.07, 6.45) is 0.629. The Kier molecular flexibility index (Phi) is 5.16. The number of nitrogens with zero attached hydrogens (tertiary/aromatic N) is 2. The molecule has 0 fully saturated rings. The molecule has 132 valence electrons. The molecule has 0 aliphatic carbocycles. The number of hydrogen-bond donors (Lipinski definition) is 1. The molecule has 3 rings (SSSR count). The summed E-state index contributed by atoms with van der Waals surface area (Å²) in [5, 5.41) is 9.50. The highest BCUT2D eigenvalue weighted by atomic mass is 32.2. The number of sulfonamides is 1. The predicted octanol–water partition coefficient (Wildman–Crippen LogP) is 2.85. The van der Waals surface area contributed by atoms with E-state index >= 15 is 0 Å². The molecule has 0 aliphatic rings. The van der Waals surface area contributed by atoms with E-state index in [0.29, 0.717) is 29.5 Å². The zero-order valence-electron chi connectivity index (χ0n) is 13.7. The van der Waals surface area contributed by atoms with Gasteiger partial charge in [-0.3, -0.25) is 0 Å². The number of thiophene rings is 1. The summed E-state index contributed by atoms with van der Waals surface area (Å²) in [5.41, 5.74) is 1.41. The molecular weight excluding hydrogens is 362 g/mol. The maximum absolute atomic E-state index is 12.5. The quantitative estimate of drug-likeness (QED) is 0.678. The van der Waals surface area contributed by atoms with Crippen LogP contribution in [-0.4, -0.2) is 25.7 Å². The fourth-order valence-corrected chi connectivity index (χ4v) is 4.33. The van der Waals surface area contributed by atoms with E-state index in [-0.39, 0.29) is 10.8 Å². The molecule has 25 heavy (non-hydrogen) atoms. The van der Waals surface area contributed by atoms with Crippen molar-refractivity contribution in [2.24, 2.45) is 0 Å². The molecule has 1 aromatic carbocycles. The first-order valence-corrected chi connectivity index (χ1v) is 9.92. The molecule has 2 heterocycles. The molecule has 0 saturated carbocycles. The van der Waals surface area contributed by atoms with E-state index in [1.165, 1.54) is 6.07 Å². The average Bonchev–Trinajstić information content (AvgIpc) is 3.29. The molecule has 0 radical (unpaired) electrons. The summed E-state index contributed by atoms with van der Waals surface area (Å²) in [6.45, 7) is 2.08. The Hall–Kier alpha value is -2.23. The van der Waals surface area contributed by atoms with Crippen molar-refractivity contribution >= 4 is 21.4 Å². The van der Waals surface area contributed by atoms with Gasteiger partial charge >= 0.3 is 0 Å². The maximum atomic E-state index is 12.5. The van der Waals surface area contributed by atoms with Crippen LogP contribution in [0.25, 0.3) is 11.5 Å². The number of methoxy groups -OCH3 is 1. The molecular formula is C16H17N3O4S2. The highest BCUT2D eigenvalue weighted by Gasteiger charge is 2.19. The number of nitrogens with one attached hydrogen (secondary N) is 1. The molecule has 7 nitrogen and oxygen atoms in total. The second-order valence-corrected chi connectivity index (χ2v) is 8.09. The smallest absolute Gasteiger partial charge is 0.250 e. The molecule has 1 N–H and O–H groups in total. The second-order valence-electron chi connectivity index (χ2n) is 5.19. The molecule has 0 bridgehead atoms. The van der Waals surface area contributed by atoms with E-state index in [9.17, 15) is 8.42 Å². The summed E-state index contributed by atoms with van der Waals surface area (Å²) in [7, 11) is -2.06. The normalized spacial score (nSPS) is 11.6. The van der Waals surface area contributed by atoms with Gasteiger partial charge in [0.1, 0.15) is 9.96 Å². The molecule has 9 heteroatoms. The van der Waals surface area contributed by atoms with Crippen molar-refractivity contribution in [3.05, 3.63) is 47.2 Å². The van der Waals surface area contributed by atoms with Crippen molar-refractivity contribution in [2.75, 3.05) is 7.11 Å². The first-order chi connectivity index (χ1) is 12.0. The third kappa shape index (κ3) is 4.06. The zero-order valence-corrected chi connectivity index (χ0v) is 15.4. The fraction of sp³-hybridized carbons (Fsp3) is 0.250. The predicted molar refractivity (Wildman–Crippen MR) is 94.0 cm³/mol. The summed E-state index contributed by atoms with van der Waals surface area (Å²) in [6, 6.07) is 8.76. The lowest BCUT2D eigenvalue weighted by Crippen LogP contribution is -2.22. The van der Waals surface area contributed by atoms with Gasteiger partial charge in [-0.05, 0) is 23.8 Å². The maximum Gasteiger partial charge on any atom is 0.250 e. The van der Waals surface area contributed by atoms with Gasteiger partial charge in [-0.25, -0.2) is 13.1 Å². The Morgan fingerprint density at radius 2 is 2.12 bits per heavy atom. The van der Waals surface area contributed by atoms with Gasteiger partial charge in [-0.2, -0.15) is 0 Å². The molecule has 0 atom stereocenters. The number of aryl methyl sites for hydroxylation is 1. The van der Waals surface area contributed by atoms with Gasteiger partial charge in [0.05, 0.1) is 12.7 Å². The van der Waals surface area contributed by atoms with Crippen molar-refractivity contribution in [1.82, 2.24) is 14.9 Å². The molecule has 0 aliphatic heterocycles. The zero-order chi connectivity index (χ0) is 17.9. The van der Waals surface area contributed by atoms with Crippen LogP contribution in [0.1, 0.15) is 18.4 Å². The van der Waals surface area contributed by atoms with Gasteiger partial charge in [-0.1, -0.05) is 19.1 Å². The van der Waals surface area contributed by atoms with Crippen LogP contribution in [0.4, 0.5) is 0 Å². The van der Waals surface area contributed by atoms with E-state index in [1.807, 2.05) is 19.1 Å². The average molecular weight is 379 g/mol. The van der Waals surface area contributed by atoms with Gasteiger partial charge in [0.2, 0.25) is 21.8 Å². The number of aromatic nitrogens is 2. The molecule has 2 aromatic heterocycles. The van der Waals surface area contributed by atoms with Crippen LogP contribution in [0.3, 0.4) is 0 Å². The molecule has 3 aromatic rings. The van der Waals surface area contributed by atoms with E-state index < -0.39 is 10.0 Å². The topological polar surface area (TPSA) is 94.3 Å². The first-order valence-electron chi connectivity index (χ1n) is 7.55. The Balaban J connectivity index is 1.74. The van der Waals surface area contributed by atoms with Crippen molar-refractivity contribution in [3.8, 4) is 17.2 Å². The van der Waals surface area contributed by atoms with Crippen LogP contribution in [0.5, 0.6) is 5.75 Å². The summed E-state index contributed by atoms with van der Waals surface area (Å²) in [4.78, 5) is 0. The van der Waals surface area contributed by atoms with Crippen LogP contribution in [-0.2, 0) is 23.0 Å². The molecule has 0 spiro atoms. The van der Waals surface area contributed by atoms with Gasteiger partial charge in [0.25, 0.3) is 0 Å². The van der Waals surface area contributed by atoms with Crippen LogP contribution >= 0.6 is 11.3 Å².